The molecule has 0 aromatic heterocycles. The first-order chi connectivity index (χ1) is 14.4. The average molecular weight is 411 g/mol. The Hall–Kier alpha value is -2.53. The van der Waals surface area contributed by atoms with Crippen LogP contribution in [0.15, 0.2) is 36.4 Å². The summed E-state index contributed by atoms with van der Waals surface area (Å²) in [5.74, 6) is 0.163. The second-order valence-electron chi connectivity index (χ2n) is 8.27. The van der Waals surface area contributed by atoms with Gasteiger partial charge in [-0.15, -0.1) is 0 Å². The molecule has 30 heavy (non-hydrogen) atoms. The third-order valence-electron chi connectivity index (χ3n) is 6.09. The number of aryl methyl sites for hydroxylation is 1. The highest BCUT2D eigenvalue weighted by Gasteiger charge is 2.22. The first-order valence-corrected chi connectivity index (χ1v) is 10.8. The number of piperidine rings is 1. The maximum absolute atomic E-state index is 13.9. The van der Waals surface area contributed by atoms with Crippen LogP contribution < -0.4 is 4.90 Å². The zero-order valence-corrected chi connectivity index (χ0v) is 18.2. The van der Waals surface area contributed by atoms with Gasteiger partial charge in [0, 0.05) is 25.7 Å². The molecule has 0 bridgehead atoms. The van der Waals surface area contributed by atoms with Crippen LogP contribution >= 0.6 is 0 Å². The third-order valence-corrected chi connectivity index (χ3v) is 6.09. The summed E-state index contributed by atoms with van der Waals surface area (Å²) in [6.45, 7) is 6.64. The van der Waals surface area contributed by atoms with E-state index in [4.69, 9.17) is 0 Å². The highest BCUT2D eigenvalue weighted by Crippen LogP contribution is 2.32. The summed E-state index contributed by atoms with van der Waals surface area (Å²) in [5.41, 5.74) is 4.40. The Morgan fingerprint density at radius 1 is 1.20 bits per heavy atom. The van der Waals surface area contributed by atoms with Crippen LogP contribution in [0.5, 0.6) is 0 Å². The molecule has 1 saturated heterocycles. The van der Waals surface area contributed by atoms with E-state index < -0.39 is 5.82 Å². The summed E-state index contributed by atoms with van der Waals surface area (Å²) in [6.07, 6.45) is 4.02. The molecule has 0 saturated carbocycles. The van der Waals surface area contributed by atoms with E-state index in [9.17, 15) is 14.0 Å². The van der Waals surface area contributed by atoms with Crippen LogP contribution in [0, 0.1) is 12.7 Å². The number of hydrogen-bond donors (Lipinski definition) is 0. The molecule has 0 atom stereocenters. The second-order valence-corrected chi connectivity index (χ2v) is 8.27. The molecule has 1 aliphatic rings. The molecule has 4 nitrogen and oxygen atoms in total. The molecule has 160 valence electrons. The number of rotatable bonds is 7. The van der Waals surface area contributed by atoms with Crippen LogP contribution in [-0.4, -0.2) is 37.2 Å². The third kappa shape index (κ3) is 5.14. The van der Waals surface area contributed by atoms with E-state index >= 15 is 0 Å². The van der Waals surface area contributed by atoms with E-state index in [1.807, 2.05) is 27.0 Å². The summed E-state index contributed by atoms with van der Waals surface area (Å²) in [7, 11) is 1.86. The molecule has 1 amide bonds. The Labute approximate surface area is 178 Å². The Balaban J connectivity index is 1.63. The Kier molecular flexibility index (Phi) is 7.38. The lowest BCUT2D eigenvalue weighted by Gasteiger charge is -2.33. The molecule has 0 unspecified atom stereocenters. The van der Waals surface area contributed by atoms with E-state index in [-0.39, 0.29) is 11.5 Å². The van der Waals surface area contributed by atoms with Crippen LogP contribution in [0.2, 0.25) is 0 Å². The number of hydrogen-bond acceptors (Lipinski definition) is 3. The van der Waals surface area contributed by atoms with Gasteiger partial charge < -0.3 is 4.90 Å². The lowest BCUT2D eigenvalue weighted by atomic mass is 9.88. The molecule has 1 heterocycles. The molecule has 0 N–H and O–H groups in total. The first kappa shape index (κ1) is 22.2. The molecule has 5 heteroatoms. The van der Waals surface area contributed by atoms with Crippen molar-refractivity contribution in [2.24, 2.45) is 0 Å². The molecule has 0 radical (unpaired) electrons. The standard InChI is InChI=1S/C25H31FN2O2/c1-4-5-25(30)27(3)24-15-21(8-6-18(24)2)20-10-12-28(13-11-20)16-19-7-9-22(17-29)23(26)14-19/h6-9,14-15,17,20H,4-5,10-13,16H2,1-3H3. The van der Waals surface area contributed by atoms with E-state index in [0.717, 1.165) is 49.2 Å². The number of anilines is 1. The first-order valence-electron chi connectivity index (χ1n) is 10.8. The monoisotopic (exact) mass is 410 g/mol. The summed E-state index contributed by atoms with van der Waals surface area (Å²) in [5, 5.41) is 0. The van der Waals surface area contributed by atoms with Gasteiger partial charge >= 0.3 is 0 Å². The number of likely N-dealkylation sites (tertiary alicyclic amines) is 1. The van der Waals surface area contributed by atoms with Gasteiger partial charge in [0.15, 0.2) is 6.29 Å². The van der Waals surface area contributed by atoms with Gasteiger partial charge in [-0.05, 0) is 80.1 Å². The molecule has 2 aromatic rings. The summed E-state index contributed by atoms with van der Waals surface area (Å²) >= 11 is 0. The second kappa shape index (κ2) is 9.98. The summed E-state index contributed by atoms with van der Waals surface area (Å²) < 4.78 is 13.9. The van der Waals surface area contributed by atoms with Gasteiger partial charge in [-0.2, -0.15) is 0 Å². The van der Waals surface area contributed by atoms with E-state index in [0.29, 0.717) is 25.2 Å². The maximum atomic E-state index is 13.9. The van der Waals surface area contributed by atoms with Gasteiger partial charge in [0.25, 0.3) is 0 Å². The molecule has 1 aliphatic heterocycles. The van der Waals surface area contributed by atoms with E-state index in [1.54, 1.807) is 11.0 Å². The van der Waals surface area contributed by atoms with Crippen LogP contribution in [0.25, 0.3) is 0 Å². The number of amides is 1. The number of carbonyl (C=O) groups excluding carboxylic acids is 2. The molecule has 2 aromatic carbocycles. The molecule has 3 rings (SSSR count). The number of nitrogens with zero attached hydrogens (tertiary/aromatic N) is 2. The number of halogens is 1. The molecular weight excluding hydrogens is 379 g/mol. The van der Waals surface area contributed by atoms with Crippen molar-refractivity contribution < 1.29 is 14.0 Å². The van der Waals surface area contributed by atoms with Gasteiger partial charge in [0.2, 0.25) is 5.91 Å². The maximum Gasteiger partial charge on any atom is 0.226 e. The van der Waals surface area contributed by atoms with Crippen molar-refractivity contribution in [3.8, 4) is 0 Å². The molecule has 0 spiro atoms. The summed E-state index contributed by atoms with van der Waals surface area (Å²) in [6, 6.07) is 11.3. The number of benzene rings is 2. The Bertz CT molecular complexity index is 904. The SMILES string of the molecule is CCCC(=O)N(C)c1cc(C2CCN(Cc3ccc(C=O)c(F)c3)CC2)ccc1C. The van der Waals surface area contributed by atoms with Crippen LogP contribution in [-0.2, 0) is 11.3 Å². The van der Waals surface area contributed by atoms with Crippen LogP contribution in [0.3, 0.4) is 0 Å². The normalized spacial score (nSPS) is 15.2. The van der Waals surface area contributed by atoms with Crippen molar-refractivity contribution in [3.05, 3.63) is 64.5 Å². The topological polar surface area (TPSA) is 40.6 Å². The van der Waals surface area contributed by atoms with Crippen molar-refractivity contribution in [3.63, 3.8) is 0 Å². The quantitative estimate of drug-likeness (QED) is 0.597. The fraction of sp³-hybridized carbons (Fsp3) is 0.440. The number of carbonyl (C=O) groups is 2. The van der Waals surface area contributed by atoms with Crippen molar-refractivity contribution in [2.45, 2.75) is 52.0 Å². The molecule has 0 aliphatic carbocycles. The zero-order chi connectivity index (χ0) is 21.7. The van der Waals surface area contributed by atoms with Gasteiger partial charge in [0.1, 0.15) is 5.82 Å². The van der Waals surface area contributed by atoms with Gasteiger partial charge in [-0.3, -0.25) is 14.5 Å². The highest BCUT2D eigenvalue weighted by molar-refractivity contribution is 5.93. The van der Waals surface area contributed by atoms with Crippen molar-refractivity contribution >= 4 is 17.9 Å². The summed E-state index contributed by atoms with van der Waals surface area (Å²) in [4.78, 5) is 27.2. The zero-order valence-electron chi connectivity index (χ0n) is 18.2. The molecular formula is C25H31FN2O2. The predicted octanol–water partition coefficient (Wildman–Crippen LogP) is 5.09. The lowest BCUT2D eigenvalue weighted by molar-refractivity contribution is -0.118. The van der Waals surface area contributed by atoms with Gasteiger partial charge in [0.05, 0.1) is 5.56 Å². The Morgan fingerprint density at radius 2 is 1.93 bits per heavy atom. The highest BCUT2D eigenvalue weighted by atomic mass is 19.1. The minimum Gasteiger partial charge on any atom is -0.315 e. The minimum atomic E-state index is -0.452. The molecule has 1 fully saturated rings. The van der Waals surface area contributed by atoms with Crippen molar-refractivity contribution in [2.75, 3.05) is 25.0 Å². The lowest BCUT2D eigenvalue weighted by Crippen LogP contribution is -2.32. The van der Waals surface area contributed by atoms with Crippen LogP contribution in [0.4, 0.5) is 10.1 Å². The smallest absolute Gasteiger partial charge is 0.226 e. The average Bonchev–Trinajstić information content (AvgIpc) is 2.74. The number of aldehydes is 1. The fourth-order valence-corrected chi connectivity index (χ4v) is 4.20. The van der Waals surface area contributed by atoms with Crippen molar-refractivity contribution in [1.82, 2.24) is 4.90 Å². The van der Waals surface area contributed by atoms with Crippen molar-refractivity contribution in [1.29, 1.82) is 0 Å². The minimum absolute atomic E-state index is 0.106. The Morgan fingerprint density at radius 3 is 2.57 bits per heavy atom. The fourth-order valence-electron chi connectivity index (χ4n) is 4.20. The van der Waals surface area contributed by atoms with E-state index in [2.05, 4.69) is 23.1 Å². The predicted molar refractivity (Wildman–Crippen MR) is 119 cm³/mol. The van der Waals surface area contributed by atoms with Crippen LogP contribution in [0.1, 0.15) is 65.6 Å². The van der Waals surface area contributed by atoms with Gasteiger partial charge in [-0.25, -0.2) is 4.39 Å². The van der Waals surface area contributed by atoms with E-state index in [1.165, 1.54) is 11.6 Å². The largest absolute Gasteiger partial charge is 0.315 e. The van der Waals surface area contributed by atoms with Gasteiger partial charge in [-0.1, -0.05) is 25.1 Å².